The van der Waals surface area contributed by atoms with Crippen molar-refractivity contribution in [2.45, 2.75) is 40.2 Å². The lowest BCUT2D eigenvalue weighted by atomic mass is 10.1. The van der Waals surface area contributed by atoms with Crippen LogP contribution < -0.4 is 5.32 Å². The second-order valence-corrected chi connectivity index (χ2v) is 8.13. The lowest BCUT2D eigenvalue weighted by Gasteiger charge is -2.19. The molecule has 2 aromatic heterocycles. The lowest BCUT2D eigenvalue weighted by molar-refractivity contribution is 0.0944. The van der Waals surface area contributed by atoms with Crippen molar-refractivity contribution in [3.63, 3.8) is 0 Å². The minimum Gasteiger partial charge on any atom is -0.389 e. The van der Waals surface area contributed by atoms with E-state index in [1.165, 1.54) is 19.1 Å². The number of imidazole rings is 1. The van der Waals surface area contributed by atoms with Crippen molar-refractivity contribution in [2.24, 2.45) is 0 Å². The predicted octanol–water partition coefficient (Wildman–Crippen LogP) is 5.61. The monoisotopic (exact) mass is 448 g/mol. The zero-order valence-corrected chi connectivity index (χ0v) is 19.6. The van der Waals surface area contributed by atoms with E-state index < -0.39 is 5.60 Å². The molecule has 2 aromatic carbocycles. The molecule has 6 nitrogen and oxygen atoms in total. The molecule has 0 aliphatic rings. The zero-order chi connectivity index (χ0) is 24.2. The maximum atomic E-state index is 13.4. The third kappa shape index (κ3) is 5.62. The van der Waals surface area contributed by atoms with Crippen molar-refractivity contribution < 1.29 is 14.3 Å². The number of rotatable bonds is 6. The zero-order valence-electron chi connectivity index (χ0n) is 19.6. The van der Waals surface area contributed by atoms with Crippen LogP contribution in [0, 0.1) is 5.82 Å². The molecule has 0 fully saturated rings. The Bertz CT molecular complexity index is 1240. The van der Waals surface area contributed by atoms with E-state index in [2.05, 4.69) is 10.3 Å². The maximum absolute atomic E-state index is 13.4. The van der Waals surface area contributed by atoms with Crippen LogP contribution in [0.3, 0.4) is 0 Å². The van der Waals surface area contributed by atoms with Crippen LogP contribution in [0.2, 0.25) is 0 Å². The number of ketones is 1. The molecular formula is C26H29FN4O2. The van der Waals surface area contributed by atoms with Crippen LogP contribution in [0.4, 0.5) is 10.1 Å². The Kier molecular flexibility index (Phi) is 7.23. The van der Waals surface area contributed by atoms with Crippen molar-refractivity contribution in [1.82, 2.24) is 14.6 Å². The molecule has 2 heterocycles. The molecule has 7 heteroatoms. The Morgan fingerprint density at radius 2 is 1.67 bits per heavy atom. The molecule has 0 bridgehead atoms. The van der Waals surface area contributed by atoms with Crippen LogP contribution >= 0.6 is 0 Å². The number of carbonyl (C=O) groups is 1. The summed E-state index contributed by atoms with van der Waals surface area (Å²) in [4.78, 5) is 16.1. The molecule has 0 amide bonds. The Hall–Kier alpha value is -3.58. The summed E-state index contributed by atoms with van der Waals surface area (Å²) in [6.07, 6.45) is 1.72. The molecule has 4 rings (SSSR count). The molecule has 172 valence electrons. The van der Waals surface area contributed by atoms with Crippen LogP contribution in [0.15, 0.2) is 60.8 Å². The molecule has 0 spiro atoms. The highest BCUT2D eigenvalue weighted by molar-refractivity contribution is 5.94. The van der Waals surface area contributed by atoms with E-state index in [4.69, 9.17) is 5.10 Å². The number of aliphatic hydroxyl groups is 1. The van der Waals surface area contributed by atoms with E-state index in [1.807, 2.05) is 32.0 Å². The molecule has 0 aliphatic heterocycles. The van der Waals surface area contributed by atoms with E-state index in [0.717, 1.165) is 16.8 Å². The number of nitrogens with zero attached hydrogens (tertiary/aromatic N) is 3. The fourth-order valence-corrected chi connectivity index (χ4v) is 3.24. The number of Topliss-reactive ketones (excluding diaryl/α,β-unsaturated/α-hetero) is 1. The van der Waals surface area contributed by atoms with Crippen molar-refractivity contribution in [2.75, 3.05) is 11.9 Å². The standard InChI is InChI=1S/C24H23FN4O2.C2H6/c1-15(30)16-4-6-18(7-5-16)22-13-26-23-21(27-14-24(2,3)31)12-20(28-29(22)23)17-8-10-19(25)11-9-17;1-2/h4-13,27,31H,14H2,1-3H3;1-2H3. The topological polar surface area (TPSA) is 79.5 Å². The molecular weight excluding hydrogens is 419 g/mol. The first-order valence-electron chi connectivity index (χ1n) is 10.9. The molecule has 2 N–H and O–H groups in total. The van der Waals surface area contributed by atoms with Gasteiger partial charge in [0.1, 0.15) is 5.82 Å². The van der Waals surface area contributed by atoms with Crippen molar-refractivity contribution in [3.05, 3.63) is 72.2 Å². The fraction of sp³-hybridized carbons (Fsp3) is 0.269. The number of hydrogen-bond acceptors (Lipinski definition) is 5. The number of carbonyl (C=O) groups excluding carboxylic acids is 1. The normalized spacial score (nSPS) is 11.1. The Morgan fingerprint density at radius 3 is 2.24 bits per heavy atom. The summed E-state index contributed by atoms with van der Waals surface area (Å²) in [6, 6.07) is 15.2. The lowest BCUT2D eigenvalue weighted by Crippen LogP contribution is -2.29. The molecule has 0 saturated heterocycles. The summed E-state index contributed by atoms with van der Waals surface area (Å²) < 4.78 is 15.1. The highest BCUT2D eigenvalue weighted by Crippen LogP contribution is 2.29. The smallest absolute Gasteiger partial charge is 0.177 e. The first-order chi connectivity index (χ1) is 15.7. The number of nitrogens with one attached hydrogen (secondary N) is 1. The van der Waals surface area contributed by atoms with E-state index >= 15 is 0 Å². The fourth-order valence-electron chi connectivity index (χ4n) is 3.24. The van der Waals surface area contributed by atoms with Gasteiger partial charge in [-0.1, -0.05) is 38.1 Å². The first kappa shape index (κ1) is 24.1. The van der Waals surface area contributed by atoms with Gasteiger partial charge in [0, 0.05) is 23.2 Å². The minimum absolute atomic E-state index is 0.000447. The van der Waals surface area contributed by atoms with E-state index in [9.17, 15) is 14.3 Å². The quantitative estimate of drug-likeness (QED) is 0.375. The molecule has 0 radical (unpaired) electrons. The third-order valence-corrected chi connectivity index (χ3v) is 4.91. The summed E-state index contributed by atoms with van der Waals surface area (Å²) >= 11 is 0. The van der Waals surface area contributed by atoms with Gasteiger partial charge in [-0.3, -0.25) is 4.79 Å². The first-order valence-corrected chi connectivity index (χ1v) is 10.9. The molecule has 0 aliphatic carbocycles. The van der Waals surface area contributed by atoms with Gasteiger partial charge in [-0.05, 0) is 51.1 Å². The van der Waals surface area contributed by atoms with Crippen molar-refractivity contribution in [3.8, 4) is 22.5 Å². The van der Waals surface area contributed by atoms with Crippen LogP contribution in [-0.2, 0) is 0 Å². The van der Waals surface area contributed by atoms with Gasteiger partial charge in [0.2, 0.25) is 0 Å². The number of hydrogen-bond donors (Lipinski definition) is 2. The van der Waals surface area contributed by atoms with Gasteiger partial charge in [-0.15, -0.1) is 0 Å². The van der Waals surface area contributed by atoms with Crippen LogP contribution in [0.25, 0.3) is 28.2 Å². The van der Waals surface area contributed by atoms with Gasteiger partial charge in [-0.25, -0.2) is 13.9 Å². The largest absolute Gasteiger partial charge is 0.389 e. The van der Waals surface area contributed by atoms with Crippen LogP contribution in [0.5, 0.6) is 0 Å². The summed E-state index contributed by atoms with van der Waals surface area (Å²) in [5, 5.41) is 18.1. The van der Waals surface area contributed by atoms with Gasteiger partial charge in [0.25, 0.3) is 0 Å². The van der Waals surface area contributed by atoms with Gasteiger partial charge < -0.3 is 10.4 Å². The Morgan fingerprint density at radius 1 is 1.06 bits per heavy atom. The summed E-state index contributed by atoms with van der Waals surface area (Å²) in [5.74, 6) is -0.321. The van der Waals surface area contributed by atoms with Crippen LogP contribution in [-0.4, -0.2) is 37.6 Å². The number of benzene rings is 2. The highest BCUT2D eigenvalue weighted by Gasteiger charge is 2.17. The molecule has 33 heavy (non-hydrogen) atoms. The summed E-state index contributed by atoms with van der Waals surface area (Å²) in [7, 11) is 0. The number of aromatic nitrogens is 3. The van der Waals surface area contributed by atoms with Gasteiger partial charge >= 0.3 is 0 Å². The number of fused-ring (bicyclic) bond motifs is 1. The van der Waals surface area contributed by atoms with Crippen LogP contribution in [0.1, 0.15) is 45.0 Å². The summed E-state index contributed by atoms with van der Waals surface area (Å²) in [6.45, 7) is 9.27. The molecule has 0 unspecified atom stereocenters. The van der Waals surface area contributed by atoms with Crippen molar-refractivity contribution >= 4 is 17.1 Å². The van der Waals surface area contributed by atoms with Gasteiger partial charge in [0.15, 0.2) is 11.4 Å². The highest BCUT2D eigenvalue weighted by atomic mass is 19.1. The molecule has 4 aromatic rings. The Labute approximate surface area is 193 Å². The third-order valence-electron chi connectivity index (χ3n) is 4.91. The average Bonchev–Trinajstić information content (AvgIpc) is 3.23. The number of anilines is 1. The van der Waals surface area contributed by atoms with Gasteiger partial charge in [-0.2, -0.15) is 5.10 Å². The molecule has 0 atom stereocenters. The summed E-state index contributed by atoms with van der Waals surface area (Å²) in [5.41, 5.74) is 3.99. The van der Waals surface area contributed by atoms with Crippen molar-refractivity contribution in [1.29, 1.82) is 0 Å². The maximum Gasteiger partial charge on any atom is 0.177 e. The Balaban J connectivity index is 0.00000149. The van der Waals surface area contributed by atoms with Gasteiger partial charge in [0.05, 0.1) is 28.9 Å². The average molecular weight is 449 g/mol. The van der Waals surface area contributed by atoms with E-state index in [-0.39, 0.29) is 11.6 Å². The second-order valence-electron chi connectivity index (χ2n) is 8.13. The predicted molar refractivity (Wildman–Crippen MR) is 130 cm³/mol. The number of halogens is 1. The van der Waals surface area contributed by atoms with E-state index in [1.54, 1.807) is 48.8 Å². The minimum atomic E-state index is -0.922. The second kappa shape index (κ2) is 9.92. The van der Waals surface area contributed by atoms with E-state index in [0.29, 0.717) is 29.1 Å². The molecule has 0 saturated carbocycles. The SMILES string of the molecule is CC.CC(=O)c1ccc(-c2cnc3c(NCC(C)(C)O)cc(-c4ccc(F)cc4)nn23)cc1.